The molecular formula is C24H25NO4S. The number of hydrogen-bond acceptors (Lipinski definition) is 4. The molecule has 1 heterocycles. The number of fused-ring (bicyclic) bond motifs is 1. The van der Waals surface area contributed by atoms with E-state index in [1.807, 2.05) is 73.7 Å². The number of amides is 1. The van der Waals surface area contributed by atoms with Crippen LogP contribution in [-0.2, 0) is 21.2 Å². The molecule has 1 saturated heterocycles. The number of carbonyl (C=O) groups is 1. The molecule has 3 aromatic carbocycles. The molecule has 1 aliphatic heterocycles. The zero-order valence-electron chi connectivity index (χ0n) is 17.0. The maximum absolute atomic E-state index is 13.2. The van der Waals surface area contributed by atoms with E-state index >= 15 is 0 Å². The fraction of sp³-hybridized carbons (Fsp3) is 0.292. The molecular weight excluding hydrogens is 398 g/mol. The Balaban J connectivity index is 1.59. The van der Waals surface area contributed by atoms with Crippen LogP contribution in [0.2, 0.25) is 0 Å². The third-order valence-electron chi connectivity index (χ3n) is 5.63. The molecule has 1 aliphatic rings. The number of para-hydroxylation sites is 1. The van der Waals surface area contributed by atoms with Gasteiger partial charge in [-0.25, -0.2) is 8.42 Å². The van der Waals surface area contributed by atoms with Crippen molar-refractivity contribution in [3.8, 4) is 5.75 Å². The van der Waals surface area contributed by atoms with Gasteiger partial charge in [-0.05, 0) is 41.3 Å². The number of rotatable bonds is 6. The summed E-state index contributed by atoms with van der Waals surface area (Å²) in [6.45, 7) is 2.17. The average Bonchev–Trinajstić information content (AvgIpc) is 3.10. The maximum atomic E-state index is 13.2. The Hall–Kier alpha value is -2.86. The predicted octanol–water partition coefficient (Wildman–Crippen LogP) is 3.74. The first-order chi connectivity index (χ1) is 14.4. The van der Waals surface area contributed by atoms with E-state index in [0.717, 1.165) is 21.9 Å². The van der Waals surface area contributed by atoms with E-state index in [1.54, 1.807) is 4.90 Å². The Labute approximate surface area is 177 Å². The average molecular weight is 424 g/mol. The molecule has 0 spiro atoms. The van der Waals surface area contributed by atoms with Gasteiger partial charge in [0.25, 0.3) is 5.91 Å². The minimum Gasteiger partial charge on any atom is -0.484 e. The summed E-state index contributed by atoms with van der Waals surface area (Å²) in [5.41, 5.74) is 1.95. The van der Waals surface area contributed by atoms with E-state index in [2.05, 4.69) is 0 Å². The zero-order valence-corrected chi connectivity index (χ0v) is 17.8. The number of aryl methyl sites for hydroxylation is 1. The third-order valence-corrected chi connectivity index (χ3v) is 7.39. The molecule has 4 rings (SSSR count). The first-order valence-corrected chi connectivity index (χ1v) is 11.9. The SMILES string of the molecule is Cc1ccccc1OCC(=O)N(Cc1cccc2ccccc12)C1CCS(=O)(=O)C1. The third kappa shape index (κ3) is 4.49. The molecule has 1 unspecified atom stereocenters. The second kappa shape index (κ2) is 8.48. The van der Waals surface area contributed by atoms with Crippen molar-refractivity contribution in [2.75, 3.05) is 18.1 Å². The normalized spacial score (nSPS) is 17.7. The summed E-state index contributed by atoms with van der Waals surface area (Å²) in [5, 5.41) is 2.16. The molecule has 0 bridgehead atoms. The Morgan fingerprint density at radius 2 is 1.77 bits per heavy atom. The van der Waals surface area contributed by atoms with Crippen LogP contribution in [0, 0.1) is 6.92 Å². The van der Waals surface area contributed by atoms with Crippen molar-refractivity contribution in [1.82, 2.24) is 4.90 Å². The lowest BCUT2D eigenvalue weighted by atomic mass is 10.0. The summed E-state index contributed by atoms with van der Waals surface area (Å²) in [6, 6.07) is 21.2. The maximum Gasteiger partial charge on any atom is 0.261 e. The summed E-state index contributed by atoms with van der Waals surface area (Å²) in [7, 11) is -3.12. The van der Waals surface area contributed by atoms with E-state index in [4.69, 9.17) is 4.74 Å². The summed E-state index contributed by atoms with van der Waals surface area (Å²) in [5.74, 6) is 0.590. The lowest BCUT2D eigenvalue weighted by Crippen LogP contribution is -2.43. The van der Waals surface area contributed by atoms with Crippen LogP contribution in [-0.4, -0.2) is 43.4 Å². The number of hydrogen-bond donors (Lipinski definition) is 0. The van der Waals surface area contributed by atoms with Crippen LogP contribution in [0.4, 0.5) is 0 Å². The van der Waals surface area contributed by atoms with Crippen LogP contribution in [0.25, 0.3) is 10.8 Å². The highest BCUT2D eigenvalue weighted by atomic mass is 32.2. The molecule has 5 nitrogen and oxygen atoms in total. The van der Waals surface area contributed by atoms with Crippen LogP contribution in [0.15, 0.2) is 66.7 Å². The van der Waals surface area contributed by atoms with E-state index < -0.39 is 9.84 Å². The van der Waals surface area contributed by atoms with Crippen molar-refractivity contribution >= 4 is 26.5 Å². The quantitative estimate of drug-likeness (QED) is 0.606. The van der Waals surface area contributed by atoms with Crippen LogP contribution >= 0.6 is 0 Å². The molecule has 6 heteroatoms. The molecule has 0 aliphatic carbocycles. The van der Waals surface area contributed by atoms with Gasteiger partial charge in [-0.15, -0.1) is 0 Å². The first-order valence-electron chi connectivity index (χ1n) is 10.1. The molecule has 0 radical (unpaired) electrons. The topological polar surface area (TPSA) is 63.7 Å². The van der Waals surface area contributed by atoms with E-state index in [0.29, 0.717) is 18.7 Å². The van der Waals surface area contributed by atoms with Crippen molar-refractivity contribution < 1.29 is 17.9 Å². The Morgan fingerprint density at radius 1 is 1.03 bits per heavy atom. The predicted molar refractivity (Wildman–Crippen MR) is 118 cm³/mol. The van der Waals surface area contributed by atoms with Gasteiger partial charge in [0.05, 0.1) is 11.5 Å². The van der Waals surface area contributed by atoms with Gasteiger partial charge in [0.15, 0.2) is 16.4 Å². The summed E-state index contributed by atoms with van der Waals surface area (Å²) >= 11 is 0. The second-order valence-electron chi connectivity index (χ2n) is 7.77. The van der Waals surface area contributed by atoms with Crippen LogP contribution < -0.4 is 4.74 Å². The standard InChI is InChI=1S/C24H25NO4S/c1-18-7-2-5-12-23(18)29-16-24(26)25(21-13-14-30(27,28)17-21)15-20-10-6-9-19-8-3-4-11-22(19)20/h2-12,21H,13-17H2,1H3. The van der Waals surface area contributed by atoms with Gasteiger partial charge in [-0.2, -0.15) is 0 Å². The van der Waals surface area contributed by atoms with Gasteiger partial charge >= 0.3 is 0 Å². The molecule has 156 valence electrons. The van der Waals surface area contributed by atoms with Crippen molar-refractivity contribution in [3.63, 3.8) is 0 Å². The van der Waals surface area contributed by atoms with Gasteiger partial charge < -0.3 is 9.64 Å². The van der Waals surface area contributed by atoms with Crippen molar-refractivity contribution in [3.05, 3.63) is 77.9 Å². The zero-order chi connectivity index (χ0) is 21.1. The number of ether oxygens (including phenoxy) is 1. The Bertz CT molecular complexity index is 1170. The summed E-state index contributed by atoms with van der Waals surface area (Å²) < 4.78 is 30.0. The molecule has 0 aromatic heterocycles. The molecule has 30 heavy (non-hydrogen) atoms. The lowest BCUT2D eigenvalue weighted by molar-refractivity contribution is -0.136. The highest BCUT2D eigenvalue weighted by Gasteiger charge is 2.35. The largest absolute Gasteiger partial charge is 0.484 e. The van der Waals surface area contributed by atoms with Crippen molar-refractivity contribution in [2.45, 2.75) is 25.9 Å². The number of sulfone groups is 1. The van der Waals surface area contributed by atoms with Gasteiger partial charge in [0.1, 0.15) is 5.75 Å². The van der Waals surface area contributed by atoms with Crippen LogP contribution in [0.5, 0.6) is 5.75 Å². The summed E-state index contributed by atoms with van der Waals surface area (Å²) in [6.07, 6.45) is 0.462. The number of nitrogens with zero attached hydrogens (tertiary/aromatic N) is 1. The van der Waals surface area contributed by atoms with Gasteiger partial charge in [-0.3, -0.25) is 4.79 Å². The highest BCUT2D eigenvalue weighted by molar-refractivity contribution is 7.91. The van der Waals surface area contributed by atoms with Gasteiger partial charge in [0.2, 0.25) is 0 Å². The van der Waals surface area contributed by atoms with E-state index in [-0.39, 0.29) is 30.1 Å². The van der Waals surface area contributed by atoms with Crippen LogP contribution in [0.3, 0.4) is 0 Å². The minimum atomic E-state index is -3.12. The molecule has 1 fully saturated rings. The monoisotopic (exact) mass is 423 g/mol. The fourth-order valence-electron chi connectivity index (χ4n) is 4.00. The molecule has 3 aromatic rings. The Kier molecular flexibility index (Phi) is 5.77. The molecule has 0 saturated carbocycles. The lowest BCUT2D eigenvalue weighted by Gasteiger charge is -2.29. The molecule has 0 N–H and O–H groups in total. The Morgan fingerprint density at radius 3 is 2.53 bits per heavy atom. The van der Waals surface area contributed by atoms with E-state index in [9.17, 15) is 13.2 Å². The highest BCUT2D eigenvalue weighted by Crippen LogP contribution is 2.25. The van der Waals surface area contributed by atoms with Gasteiger partial charge in [0, 0.05) is 12.6 Å². The van der Waals surface area contributed by atoms with Crippen molar-refractivity contribution in [1.29, 1.82) is 0 Å². The van der Waals surface area contributed by atoms with Crippen molar-refractivity contribution in [2.24, 2.45) is 0 Å². The second-order valence-corrected chi connectivity index (χ2v) is 10.00. The minimum absolute atomic E-state index is 0.00781. The van der Waals surface area contributed by atoms with Crippen LogP contribution in [0.1, 0.15) is 17.5 Å². The smallest absolute Gasteiger partial charge is 0.261 e. The van der Waals surface area contributed by atoms with E-state index in [1.165, 1.54) is 0 Å². The fourth-order valence-corrected chi connectivity index (χ4v) is 5.73. The number of benzene rings is 3. The molecule has 1 amide bonds. The molecule has 1 atom stereocenters. The first kappa shape index (κ1) is 20.4. The number of carbonyl (C=O) groups excluding carboxylic acids is 1. The van der Waals surface area contributed by atoms with Gasteiger partial charge in [-0.1, -0.05) is 60.7 Å². The summed E-state index contributed by atoms with van der Waals surface area (Å²) in [4.78, 5) is 14.9.